The number of aryl methyl sites for hydroxylation is 2. The van der Waals surface area contributed by atoms with E-state index in [-0.39, 0.29) is 0 Å². The lowest BCUT2D eigenvalue weighted by atomic mass is 9.92. The smallest absolute Gasteiger partial charge is 0.146 e. The summed E-state index contributed by atoms with van der Waals surface area (Å²) in [5, 5.41) is 6.27. The highest BCUT2D eigenvalue weighted by molar-refractivity contribution is 6.14. The van der Waals surface area contributed by atoms with Gasteiger partial charge in [-0.15, -0.1) is 0 Å². The number of imidazole rings is 1. The van der Waals surface area contributed by atoms with Crippen molar-refractivity contribution < 1.29 is 0 Å². The third kappa shape index (κ3) is 3.29. The van der Waals surface area contributed by atoms with Gasteiger partial charge in [0.05, 0.1) is 39.0 Å². The highest BCUT2D eigenvalue weighted by Crippen LogP contribution is 2.47. The first-order valence-electron chi connectivity index (χ1n) is 16.4. The maximum absolute atomic E-state index is 5.16. The van der Waals surface area contributed by atoms with Gasteiger partial charge in [0.1, 0.15) is 5.65 Å². The van der Waals surface area contributed by atoms with Gasteiger partial charge in [-0.25, -0.2) is 4.98 Å². The molecule has 11 rings (SSSR count). The number of hydrogen-bond acceptors (Lipinski definition) is 1. The van der Waals surface area contributed by atoms with Crippen LogP contribution in [0.5, 0.6) is 0 Å². The Morgan fingerprint density at radius 2 is 0.957 bits per heavy atom. The molecule has 0 bridgehead atoms. The van der Waals surface area contributed by atoms with Crippen molar-refractivity contribution in [2.45, 2.75) is 12.8 Å². The van der Waals surface area contributed by atoms with Gasteiger partial charge < -0.3 is 9.13 Å². The maximum atomic E-state index is 5.16. The normalized spacial score (nSPS) is 12.9. The number of nitrogens with zero attached hydrogens (tertiary/aromatic N) is 4. The van der Waals surface area contributed by atoms with Crippen LogP contribution in [0.25, 0.3) is 82.9 Å². The number of rotatable bonds is 2. The van der Waals surface area contributed by atoms with Crippen molar-refractivity contribution in [3.63, 3.8) is 0 Å². The Morgan fingerprint density at radius 3 is 1.66 bits per heavy atom. The Bertz CT molecular complexity index is 2900. The summed E-state index contributed by atoms with van der Waals surface area (Å²) < 4.78 is 7.35. The SMILES string of the molecule is c1ccc(-n2c3c(c4ccccc42)CCc2c-3n(-c3ccc4c(c3)c3ccccc3n3c5ccccc5nc43)c3ccccc23)cc1. The van der Waals surface area contributed by atoms with Crippen molar-refractivity contribution in [1.29, 1.82) is 0 Å². The first kappa shape index (κ1) is 25.1. The summed E-state index contributed by atoms with van der Waals surface area (Å²) in [5.41, 5.74) is 14.6. The Labute approximate surface area is 270 Å². The van der Waals surface area contributed by atoms with Gasteiger partial charge in [0, 0.05) is 32.9 Å². The van der Waals surface area contributed by atoms with Gasteiger partial charge in [-0.3, -0.25) is 4.40 Å². The molecule has 4 heterocycles. The second kappa shape index (κ2) is 9.21. The maximum Gasteiger partial charge on any atom is 0.146 e. The fraction of sp³-hybridized carbons (Fsp3) is 0.0465. The molecule has 4 aromatic heterocycles. The average molecular weight is 601 g/mol. The summed E-state index contributed by atoms with van der Waals surface area (Å²) >= 11 is 0. The lowest BCUT2D eigenvalue weighted by Crippen LogP contribution is -2.09. The number of para-hydroxylation sites is 6. The molecule has 0 fully saturated rings. The Hall–Kier alpha value is -6.13. The van der Waals surface area contributed by atoms with E-state index in [0.29, 0.717) is 0 Å². The molecule has 47 heavy (non-hydrogen) atoms. The van der Waals surface area contributed by atoms with Gasteiger partial charge in [0.15, 0.2) is 0 Å². The second-order valence-corrected chi connectivity index (χ2v) is 12.7. The Kier molecular flexibility index (Phi) is 4.92. The van der Waals surface area contributed by atoms with Gasteiger partial charge in [-0.2, -0.15) is 0 Å². The van der Waals surface area contributed by atoms with E-state index in [1.165, 1.54) is 72.0 Å². The van der Waals surface area contributed by atoms with Gasteiger partial charge in [0.25, 0.3) is 0 Å². The third-order valence-electron chi connectivity index (χ3n) is 10.3. The molecule has 0 unspecified atom stereocenters. The summed E-state index contributed by atoms with van der Waals surface area (Å²) in [6, 6.07) is 52.9. The molecule has 0 atom stereocenters. The van der Waals surface area contributed by atoms with Crippen molar-refractivity contribution in [3.05, 3.63) is 157 Å². The minimum atomic E-state index is 0.998. The molecule has 1 aliphatic carbocycles. The summed E-state index contributed by atoms with van der Waals surface area (Å²) in [6.07, 6.45) is 2.03. The first-order chi connectivity index (χ1) is 23.3. The molecule has 0 saturated heterocycles. The van der Waals surface area contributed by atoms with Crippen molar-refractivity contribution in [1.82, 2.24) is 18.5 Å². The van der Waals surface area contributed by atoms with Gasteiger partial charge in [-0.05, 0) is 90.0 Å². The molecular formula is C43H28N4. The van der Waals surface area contributed by atoms with E-state index in [0.717, 1.165) is 34.9 Å². The largest absolute Gasteiger partial charge is 0.307 e. The molecule has 6 aromatic carbocycles. The molecule has 0 aliphatic heterocycles. The minimum absolute atomic E-state index is 0.998. The topological polar surface area (TPSA) is 27.2 Å². The average Bonchev–Trinajstić information content (AvgIpc) is 3.80. The fourth-order valence-electron chi connectivity index (χ4n) is 8.42. The molecule has 4 nitrogen and oxygen atoms in total. The molecule has 10 aromatic rings. The number of benzene rings is 6. The molecule has 4 heteroatoms. The van der Waals surface area contributed by atoms with Crippen molar-refractivity contribution >= 4 is 60.2 Å². The second-order valence-electron chi connectivity index (χ2n) is 12.7. The van der Waals surface area contributed by atoms with Gasteiger partial charge in [-0.1, -0.05) is 84.9 Å². The van der Waals surface area contributed by atoms with Crippen molar-refractivity contribution in [3.8, 4) is 22.8 Å². The number of aromatic nitrogens is 4. The highest BCUT2D eigenvalue weighted by Gasteiger charge is 2.31. The van der Waals surface area contributed by atoms with E-state index in [2.05, 4.69) is 159 Å². The van der Waals surface area contributed by atoms with Crippen LogP contribution >= 0.6 is 0 Å². The van der Waals surface area contributed by atoms with Crippen LogP contribution in [0.1, 0.15) is 11.1 Å². The number of hydrogen-bond donors (Lipinski definition) is 0. The van der Waals surface area contributed by atoms with E-state index in [9.17, 15) is 0 Å². The third-order valence-corrected chi connectivity index (χ3v) is 10.3. The lowest BCUT2D eigenvalue weighted by molar-refractivity contribution is 0.921. The lowest BCUT2D eigenvalue weighted by Gasteiger charge is -2.21. The van der Waals surface area contributed by atoms with Crippen LogP contribution in [-0.2, 0) is 12.8 Å². The van der Waals surface area contributed by atoms with Crippen LogP contribution in [0.4, 0.5) is 0 Å². The molecule has 0 amide bonds. The first-order valence-corrected chi connectivity index (χ1v) is 16.4. The van der Waals surface area contributed by atoms with Crippen LogP contribution in [0.3, 0.4) is 0 Å². The van der Waals surface area contributed by atoms with Crippen LogP contribution < -0.4 is 0 Å². The number of pyridine rings is 1. The van der Waals surface area contributed by atoms with Crippen LogP contribution in [-0.4, -0.2) is 18.5 Å². The molecule has 0 radical (unpaired) electrons. The quantitative estimate of drug-likeness (QED) is 0.181. The summed E-state index contributed by atoms with van der Waals surface area (Å²) in [4.78, 5) is 5.16. The van der Waals surface area contributed by atoms with Gasteiger partial charge in [0.2, 0.25) is 0 Å². The molecule has 1 aliphatic rings. The Morgan fingerprint density at radius 1 is 0.404 bits per heavy atom. The van der Waals surface area contributed by atoms with E-state index in [4.69, 9.17) is 4.98 Å². The minimum Gasteiger partial charge on any atom is -0.307 e. The molecule has 0 saturated carbocycles. The van der Waals surface area contributed by atoms with Gasteiger partial charge >= 0.3 is 0 Å². The zero-order valence-electron chi connectivity index (χ0n) is 25.6. The van der Waals surface area contributed by atoms with Crippen molar-refractivity contribution in [2.75, 3.05) is 0 Å². The van der Waals surface area contributed by atoms with E-state index >= 15 is 0 Å². The summed E-state index contributed by atoms with van der Waals surface area (Å²) in [5.74, 6) is 0. The molecule has 220 valence electrons. The van der Waals surface area contributed by atoms with Crippen LogP contribution in [0, 0.1) is 0 Å². The monoisotopic (exact) mass is 600 g/mol. The standard InChI is InChI=1S/C43H28N4/c1-2-12-27(13-3-1)45-37-18-8-4-14-29(37)32-24-25-33-30-15-5-9-19-38(30)46(42(33)41(32)45)28-22-23-34-35(26-28)31-16-6-10-20-39(31)47-40-21-11-7-17-36(40)44-43(34)47/h1-23,26H,24-25H2. The predicted octanol–water partition coefficient (Wildman–Crippen LogP) is 10.4. The van der Waals surface area contributed by atoms with E-state index < -0.39 is 0 Å². The summed E-state index contributed by atoms with van der Waals surface area (Å²) in [7, 11) is 0. The fourth-order valence-corrected chi connectivity index (χ4v) is 8.42. The molecule has 0 spiro atoms. The van der Waals surface area contributed by atoms with E-state index in [1.807, 2.05) is 0 Å². The number of fused-ring (bicyclic) bond motifs is 15. The van der Waals surface area contributed by atoms with Crippen LogP contribution in [0.2, 0.25) is 0 Å². The zero-order chi connectivity index (χ0) is 30.6. The zero-order valence-corrected chi connectivity index (χ0v) is 25.6. The Balaban J connectivity index is 1.28. The molecular weight excluding hydrogens is 573 g/mol. The molecule has 0 N–H and O–H groups in total. The van der Waals surface area contributed by atoms with E-state index in [1.54, 1.807) is 0 Å². The highest BCUT2D eigenvalue weighted by atomic mass is 15.1. The predicted molar refractivity (Wildman–Crippen MR) is 194 cm³/mol. The van der Waals surface area contributed by atoms with Crippen LogP contribution in [0.15, 0.2) is 146 Å². The van der Waals surface area contributed by atoms with Crippen molar-refractivity contribution in [2.24, 2.45) is 0 Å². The summed E-state index contributed by atoms with van der Waals surface area (Å²) in [6.45, 7) is 0.